The molecule has 12 heterocycles. The van der Waals surface area contributed by atoms with Gasteiger partial charge in [-0.2, -0.15) is 61.7 Å². The van der Waals surface area contributed by atoms with Gasteiger partial charge in [-0.1, -0.05) is 18.2 Å². The fourth-order valence-corrected chi connectivity index (χ4v) is 13.6. The maximum Gasteiger partial charge on any atom is 0.433 e. The number of nitrogens with zero attached hydrogens (tertiary/aromatic N) is 15. The molecule has 9 aromatic rings. The average molecular weight is 1350 g/mol. The van der Waals surface area contributed by atoms with E-state index in [1.807, 2.05) is 11.0 Å². The first-order valence-electron chi connectivity index (χ1n) is 29.4. The molecule has 0 radical (unpaired) electrons. The van der Waals surface area contributed by atoms with E-state index in [9.17, 15) is 53.9 Å². The summed E-state index contributed by atoms with van der Waals surface area (Å²) in [7, 11) is 0. The summed E-state index contributed by atoms with van der Waals surface area (Å²) in [5, 5.41) is 23.9. The number of para-hydroxylation sites is 2. The Balaban J connectivity index is 0.000000127. The number of amides is 3. The number of aromatic nitrogens is 12. The van der Waals surface area contributed by atoms with Crippen LogP contribution in [0.4, 0.5) is 39.5 Å². The molecule has 6 saturated heterocycles. The summed E-state index contributed by atoms with van der Waals surface area (Å²) in [6, 6.07) is 19.9. The summed E-state index contributed by atoms with van der Waals surface area (Å²) in [6.45, 7) is 0. The predicted molar refractivity (Wildman–Crippen MR) is 310 cm³/mol. The molecule has 0 aliphatic carbocycles. The quantitative estimate of drug-likeness (QED) is 0.104. The molecule has 0 saturated carbocycles. The lowest BCUT2D eigenvalue weighted by Gasteiger charge is -2.25. The standard InChI is InChI=1S/2C21H17F4N5O2.C20H17BrFN5O2/c22-14-2-1-3-16(30-27-8-9-28-30)19(14)20(31)29-12-4-6-15(29)17(10-12)32-13-5-7-18(26-11-13)21(23,24)25;22-15-3-1-2-14(19(15)30-27-8-9-28-30)20(31)29-12-4-6-16(29)17(10-12)32-13-5-7-18(26-11-13)21(23,24)25;21-12-4-7-18(23-11-12)29-17-10-13-5-6-16(17)26(13)20(28)14-2-1-3-15(22)19(14)27-24-8-9-25-27/h1-3,5,7-9,11-12,15,17H,4,6,10H2;1-3,5,7-9,11-12,16-17H,4,6,10H2;1-4,7-9,11,13,16-17H,5-6,10H2. The van der Waals surface area contributed by atoms with E-state index in [2.05, 4.69) is 61.5 Å². The lowest BCUT2D eigenvalue weighted by atomic mass is 9.98. The van der Waals surface area contributed by atoms with E-state index in [4.69, 9.17) is 14.2 Å². The van der Waals surface area contributed by atoms with Crippen LogP contribution in [-0.2, 0) is 12.4 Å². The van der Waals surface area contributed by atoms with Gasteiger partial charge in [0, 0.05) is 54.1 Å². The minimum atomic E-state index is -4.53. The van der Waals surface area contributed by atoms with Crippen LogP contribution >= 0.6 is 15.9 Å². The minimum absolute atomic E-state index is 0.0294. The zero-order valence-electron chi connectivity index (χ0n) is 48.4. The van der Waals surface area contributed by atoms with Crippen LogP contribution < -0.4 is 14.2 Å². The van der Waals surface area contributed by atoms with E-state index in [1.165, 1.54) is 96.6 Å². The molecule has 3 aromatic carbocycles. The first-order valence-corrected chi connectivity index (χ1v) is 30.2. The van der Waals surface area contributed by atoms with Crippen molar-refractivity contribution in [2.75, 3.05) is 0 Å². The van der Waals surface area contributed by atoms with E-state index in [0.717, 1.165) is 70.7 Å². The monoisotopic (exact) mass is 1350 g/mol. The largest absolute Gasteiger partial charge is 0.487 e. The molecule has 31 heteroatoms. The van der Waals surface area contributed by atoms with Gasteiger partial charge in [0.2, 0.25) is 5.88 Å². The van der Waals surface area contributed by atoms with Crippen LogP contribution in [0.2, 0.25) is 0 Å². The fourth-order valence-electron chi connectivity index (χ4n) is 13.4. The third-order valence-corrected chi connectivity index (χ3v) is 17.7. The summed E-state index contributed by atoms with van der Waals surface area (Å²) in [5.74, 6) is -1.98. The SMILES string of the molecule is O=C(c1c(F)cccc1-n1nccn1)N1C2CCC1C(Oc1ccc(C(F)(F)F)nc1)C2.O=C(c1cccc(F)c1-n1nccn1)N1C2CCC1C(Oc1ccc(Br)cn1)C2.O=C(c1cccc(F)c1-n1nccn1)N1C2CCC1C(Oc1ccc(C(F)(F)F)nc1)C2. The van der Waals surface area contributed by atoms with Crippen molar-refractivity contribution in [3.05, 3.63) is 197 Å². The Labute approximate surface area is 530 Å². The van der Waals surface area contributed by atoms with Crippen LogP contribution in [0.15, 0.2) is 151 Å². The zero-order valence-corrected chi connectivity index (χ0v) is 49.9. The highest BCUT2D eigenvalue weighted by Crippen LogP contribution is 2.45. The first kappa shape index (κ1) is 62.0. The molecule has 21 nitrogen and oxygen atoms in total. The molecule has 480 valence electrons. The van der Waals surface area contributed by atoms with Crippen LogP contribution in [0, 0.1) is 17.5 Å². The number of ether oxygens (including phenoxy) is 3. The maximum atomic E-state index is 14.8. The second-order valence-corrected chi connectivity index (χ2v) is 23.6. The summed E-state index contributed by atoms with van der Waals surface area (Å²) in [4.78, 5) is 59.9. The number of carbonyl (C=O) groups is 3. The van der Waals surface area contributed by atoms with Crippen molar-refractivity contribution >= 4 is 33.7 Å². The number of fused-ring (bicyclic) bond motifs is 6. The number of halogens is 10. The topological polar surface area (TPSA) is 219 Å². The van der Waals surface area contributed by atoms with Crippen LogP contribution in [0.25, 0.3) is 17.1 Å². The second-order valence-electron chi connectivity index (χ2n) is 22.6. The highest BCUT2D eigenvalue weighted by molar-refractivity contribution is 9.10. The van der Waals surface area contributed by atoms with Gasteiger partial charge in [-0.3, -0.25) is 14.4 Å². The number of benzene rings is 3. The third-order valence-electron chi connectivity index (χ3n) is 17.3. The summed E-state index contributed by atoms with van der Waals surface area (Å²) in [5.41, 5.74) is -1.47. The molecular formula is C62H51BrF9N15O6. The second kappa shape index (κ2) is 25.4. The van der Waals surface area contributed by atoms with Gasteiger partial charge in [-0.25, -0.2) is 28.1 Å². The number of hydrogen-bond acceptors (Lipinski definition) is 15. The molecule has 6 fully saturated rings. The van der Waals surface area contributed by atoms with Crippen molar-refractivity contribution in [1.82, 2.24) is 74.6 Å². The molecule has 6 aromatic heterocycles. The van der Waals surface area contributed by atoms with Gasteiger partial charge in [0.15, 0.2) is 11.6 Å². The van der Waals surface area contributed by atoms with E-state index in [1.54, 1.807) is 34.2 Å². The number of rotatable bonds is 12. The van der Waals surface area contributed by atoms with Crippen molar-refractivity contribution < 1.29 is 68.1 Å². The highest BCUT2D eigenvalue weighted by atomic mass is 79.9. The predicted octanol–water partition coefficient (Wildman–Crippen LogP) is 10.7. The number of hydrogen-bond donors (Lipinski definition) is 0. The molecule has 0 spiro atoms. The average Bonchev–Trinajstić information content (AvgIpc) is 1.65. The Morgan fingerprint density at radius 3 is 1.26 bits per heavy atom. The van der Waals surface area contributed by atoms with Gasteiger partial charge >= 0.3 is 12.4 Å². The van der Waals surface area contributed by atoms with Gasteiger partial charge in [-0.05, 0) is 121 Å². The number of pyridine rings is 3. The van der Waals surface area contributed by atoms with Crippen molar-refractivity contribution in [3.8, 4) is 34.4 Å². The van der Waals surface area contributed by atoms with E-state index >= 15 is 0 Å². The molecule has 3 amide bonds. The van der Waals surface area contributed by atoms with Gasteiger partial charge in [0.25, 0.3) is 17.7 Å². The fraction of sp³-hybridized carbons (Fsp3) is 0.323. The van der Waals surface area contributed by atoms with Crippen molar-refractivity contribution in [2.45, 2.75) is 125 Å². The Hall–Kier alpha value is -9.81. The summed E-state index contributed by atoms with van der Waals surface area (Å²) >= 11 is 3.36. The first-order chi connectivity index (χ1) is 44.8. The molecule has 9 atom stereocenters. The molecule has 6 aliphatic rings. The molecule has 9 unspecified atom stereocenters. The molecule has 6 bridgehead atoms. The summed E-state index contributed by atoms with van der Waals surface area (Å²) in [6.07, 6.45) is 8.66. The van der Waals surface area contributed by atoms with Crippen LogP contribution in [-0.4, -0.2) is 147 Å². The Morgan fingerprint density at radius 1 is 0.441 bits per heavy atom. The molecule has 15 rings (SSSR count). The van der Waals surface area contributed by atoms with Crippen molar-refractivity contribution in [2.24, 2.45) is 0 Å². The van der Waals surface area contributed by atoms with Crippen LogP contribution in [0.5, 0.6) is 17.4 Å². The molecule has 0 N–H and O–H groups in total. The maximum absolute atomic E-state index is 14.8. The Kier molecular flexibility index (Phi) is 16.9. The highest BCUT2D eigenvalue weighted by Gasteiger charge is 2.53. The minimum Gasteiger partial charge on any atom is -0.487 e. The van der Waals surface area contributed by atoms with Gasteiger partial charge < -0.3 is 28.9 Å². The van der Waals surface area contributed by atoms with E-state index in [0.29, 0.717) is 31.6 Å². The van der Waals surface area contributed by atoms with Gasteiger partial charge in [0.1, 0.15) is 69.6 Å². The van der Waals surface area contributed by atoms with Crippen LogP contribution in [0.1, 0.15) is 100 Å². The van der Waals surface area contributed by atoms with E-state index in [-0.39, 0.29) is 99.4 Å². The molecule has 93 heavy (non-hydrogen) atoms. The number of alkyl halides is 6. The Morgan fingerprint density at radius 2 is 0.849 bits per heavy atom. The van der Waals surface area contributed by atoms with Gasteiger partial charge in [-0.15, -0.1) is 9.59 Å². The lowest BCUT2D eigenvalue weighted by molar-refractivity contribution is -0.142. The summed E-state index contributed by atoms with van der Waals surface area (Å²) < 4.78 is 139. The normalized spacial score (nSPS) is 22.5. The van der Waals surface area contributed by atoms with Crippen LogP contribution in [0.3, 0.4) is 0 Å². The van der Waals surface area contributed by atoms with Gasteiger partial charge in [0.05, 0.1) is 78.8 Å². The smallest absolute Gasteiger partial charge is 0.433 e. The van der Waals surface area contributed by atoms with Crippen molar-refractivity contribution in [1.29, 1.82) is 0 Å². The lowest BCUT2D eigenvalue weighted by Crippen LogP contribution is -2.40. The molecular weight excluding hydrogens is 1300 g/mol. The Bertz CT molecular complexity index is 4160. The van der Waals surface area contributed by atoms with E-state index < -0.39 is 59.3 Å². The van der Waals surface area contributed by atoms with Crippen molar-refractivity contribution in [3.63, 3.8) is 0 Å². The zero-order chi connectivity index (χ0) is 64.9. The number of carbonyl (C=O) groups excluding carboxylic acids is 3. The molecule has 6 aliphatic heterocycles. The third kappa shape index (κ3) is 12.4.